The Morgan fingerprint density at radius 2 is 2.14 bits per heavy atom. The first-order valence-corrected chi connectivity index (χ1v) is 5.34. The fourth-order valence-corrected chi connectivity index (χ4v) is 1.48. The van der Waals surface area contributed by atoms with Gasteiger partial charge >= 0.3 is 0 Å². The van der Waals surface area contributed by atoms with Crippen molar-refractivity contribution in [3.63, 3.8) is 0 Å². The van der Waals surface area contributed by atoms with E-state index >= 15 is 0 Å². The maximum Gasteiger partial charge on any atom is 0.0736 e. The molecule has 1 rings (SSSR count). The van der Waals surface area contributed by atoms with Crippen LogP contribution in [0.4, 0.5) is 0 Å². The lowest BCUT2D eigenvalue weighted by molar-refractivity contribution is 0.135. The van der Waals surface area contributed by atoms with Crippen molar-refractivity contribution in [1.29, 1.82) is 0 Å². The number of rotatable bonds is 6. The molecule has 80 valence electrons. The minimum Gasteiger partial charge on any atom is -0.391 e. The third-order valence-electron chi connectivity index (χ3n) is 2.28. The maximum atomic E-state index is 9.67. The average molecular weight is 196 g/mol. The van der Waals surface area contributed by atoms with Crippen LogP contribution < -0.4 is 0 Å². The number of aliphatic hydroxyl groups excluding tert-OH is 1. The Hall–Kier alpha value is -0.830. The van der Waals surface area contributed by atoms with E-state index in [1.54, 1.807) is 10.9 Å². The zero-order valence-electron chi connectivity index (χ0n) is 9.06. The largest absolute Gasteiger partial charge is 0.391 e. The Morgan fingerprint density at radius 1 is 1.36 bits per heavy atom. The fraction of sp³-hybridized carbons (Fsp3) is 0.727. The van der Waals surface area contributed by atoms with E-state index < -0.39 is 0 Å². The van der Waals surface area contributed by atoms with Crippen LogP contribution in [-0.2, 0) is 6.54 Å². The molecule has 1 atom stereocenters. The first-order chi connectivity index (χ1) is 6.68. The van der Waals surface area contributed by atoms with Gasteiger partial charge in [-0.3, -0.25) is 4.68 Å². The lowest BCUT2D eigenvalue weighted by atomic mass is 10.0. The van der Waals surface area contributed by atoms with Gasteiger partial charge < -0.3 is 5.11 Å². The summed E-state index contributed by atoms with van der Waals surface area (Å²) in [6, 6.07) is 1.88. The average Bonchev–Trinajstić information content (AvgIpc) is 2.56. The van der Waals surface area contributed by atoms with Crippen molar-refractivity contribution in [2.75, 3.05) is 0 Å². The predicted molar refractivity (Wildman–Crippen MR) is 56.9 cm³/mol. The summed E-state index contributed by atoms with van der Waals surface area (Å²) in [5.41, 5.74) is 0. The minimum absolute atomic E-state index is 0.256. The van der Waals surface area contributed by atoms with E-state index in [9.17, 15) is 5.11 Å². The molecule has 0 saturated heterocycles. The standard InChI is InChI=1S/C11H20N2O/c1-10(2)5-3-6-11(14)9-13-8-4-7-12-13/h4,7-8,10-11,14H,3,5-6,9H2,1-2H3. The van der Waals surface area contributed by atoms with Crippen molar-refractivity contribution in [1.82, 2.24) is 9.78 Å². The zero-order valence-corrected chi connectivity index (χ0v) is 9.06. The molecule has 1 aromatic rings. The van der Waals surface area contributed by atoms with Crippen LogP contribution in [0.2, 0.25) is 0 Å². The highest BCUT2D eigenvalue weighted by molar-refractivity contribution is 4.78. The molecular weight excluding hydrogens is 176 g/mol. The SMILES string of the molecule is CC(C)CCCC(O)Cn1cccn1. The molecule has 14 heavy (non-hydrogen) atoms. The highest BCUT2D eigenvalue weighted by atomic mass is 16.3. The molecule has 0 aliphatic heterocycles. The molecule has 1 N–H and O–H groups in total. The summed E-state index contributed by atoms with van der Waals surface area (Å²) in [5.74, 6) is 0.729. The summed E-state index contributed by atoms with van der Waals surface area (Å²) in [6.07, 6.45) is 6.52. The highest BCUT2D eigenvalue weighted by Crippen LogP contribution is 2.09. The van der Waals surface area contributed by atoms with Crippen LogP contribution in [-0.4, -0.2) is 21.0 Å². The Bertz CT molecular complexity index is 231. The van der Waals surface area contributed by atoms with Gasteiger partial charge in [0.15, 0.2) is 0 Å². The van der Waals surface area contributed by atoms with E-state index in [1.165, 1.54) is 6.42 Å². The van der Waals surface area contributed by atoms with Crippen molar-refractivity contribution in [2.45, 2.75) is 45.8 Å². The molecule has 0 spiro atoms. The van der Waals surface area contributed by atoms with E-state index in [4.69, 9.17) is 0 Å². The second kappa shape index (κ2) is 5.81. The summed E-state index contributed by atoms with van der Waals surface area (Å²) in [4.78, 5) is 0. The third-order valence-corrected chi connectivity index (χ3v) is 2.28. The summed E-state index contributed by atoms with van der Waals surface area (Å²) < 4.78 is 1.78. The Balaban J connectivity index is 2.13. The molecule has 0 radical (unpaired) electrons. The van der Waals surface area contributed by atoms with Crippen LogP contribution in [0.15, 0.2) is 18.5 Å². The van der Waals surface area contributed by atoms with E-state index in [0.717, 1.165) is 18.8 Å². The molecule has 0 saturated carbocycles. The number of hydrogen-bond donors (Lipinski definition) is 1. The predicted octanol–water partition coefficient (Wildman–Crippen LogP) is 2.07. The lowest BCUT2D eigenvalue weighted by Gasteiger charge is -2.11. The number of aromatic nitrogens is 2. The highest BCUT2D eigenvalue weighted by Gasteiger charge is 2.05. The van der Waals surface area contributed by atoms with Crippen LogP contribution >= 0.6 is 0 Å². The smallest absolute Gasteiger partial charge is 0.0736 e. The lowest BCUT2D eigenvalue weighted by Crippen LogP contribution is -2.16. The normalized spacial score (nSPS) is 13.4. The molecule has 3 heteroatoms. The molecule has 0 aliphatic carbocycles. The maximum absolute atomic E-state index is 9.67. The molecule has 0 aromatic carbocycles. The number of aliphatic hydroxyl groups is 1. The number of nitrogens with zero attached hydrogens (tertiary/aromatic N) is 2. The summed E-state index contributed by atoms with van der Waals surface area (Å²) in [7, 11) is 0. The molecule has 1 aromatic heterocycles. The van der Waals surface area contributed by atoms with Crippen LogP contribution in [0.3, 0.4) is 0 Å². The van der Waals surface area contributed by atoms with Gasteiger partial charge in [0.2, 0.25) is 0 Å². The molecule has 1 heterocycles. The molecule has 0 bridgehead atoms. The van der Waals surface area contributed by atoms with Gasteiger partial charge in [-0.05, 0) is 18.4 Å². The van der Waals surface area contributed by atoms with Gasteiger partial charge in [0.25, 0.3) is 0 Å². The van der Waals surface area contributed by atoms with E-state index in [1.807, 2.05) is 12.3 Å². The Labute approximate surface area is 85.8 Å². The summed E-state index contributed by atoms with van der Waals surface area (Å²) in [5, 5.41) is 13.7. The molecule has 0 aliphatic rings. The fourth-order valence-electron chi connectivity index (χ4n) is 1.48. The first-order valence-electron chi connectivity index (χ1n) is 5.34. The van der Waals surface area contributed by atoms with Crippen LogP contribution in [0.25, 0.3) is 0 Å². The van der Waals surface area contributed by atoms with Crippen LogP contribution in [0.5, 0.6) is 0 Å². The molecule has 3 nitrogen and oxygen atoms in total. The van der Waals surface area contributed by atoms with Crippen molar-refractivity contribution < 1.29 is 5.11 Å². The van der Waals surface area contributed by atoms with Gasteiger partial charge in [-0.25, -0.2) is 0 Å². The quantitative estimate of drug-likeness (QED) is 0.756. The second-order valence-corrected chi connectivity index (χ2v) is 4.21. The van der Waals surface area contributed by atoms with Gasteiger partial charge in [-0.15, -0.1) is 0 Å². The van der Waals surface area contributed by atoms with Gasteiger partial charge in [-0.2, -0.15) is 5.10 Å². The van der Waals surface area contributed by atoms with E-state index in [2.05, 4.69) is 18.9 Å². The second-order valence-electron chi connectivity index (χ2n) is 4.21. The monoisotopic (exact) mass is 196 g/mol. The first kappa shape index (κ1) is 11.2. The van der Waals surface area contributed by atoms with Gasteiger partial charge in [0.05, 0.1) is 12.6 Å². The molecular formula is C11H20N2O. The molecule has 0 amide bonds. The van der Waals surface area contributed by atoms with Crippen molar-refractivity contribution >= 4 is 0 Å². The van der Waals surface area contributed by atoms with Crippen LogP contribution in [0, 0.1) is 5.92 Å². The van der Waals surface area contributed by atoms with Crippen molar-refractivity contribution in [3.8, 4) is 0 Å². The van der Waals surface area contributed by atoms with E-state index in [-0.39, 0.29) is 6.10 Å². The Kier molecular flexibility index (Phi) is 4.66. The molecule has 0 fully saturated rings. The van der Waals surface area contributed by atoms with Gasteiger partial charge in [0.1, 0.15) is 0 Å². The van der Waals surface area contributed by atoms with E-state index in [0.29, 0.717) is 6.54 Å². The van der Waals surface area contributed by atoms with Crippen LogP contribution in [0.1, 0.15) is 33.1 Å². The van der Waals surface area contributed by atoms with Crippen molar-refractivity contribution in [2.24, 2.45) is 5.92 Å². The van der Waals surface area contributed by atoms with Crippen molar-refractivity contribution in [3.05, 3.63) is 18.5 Å². The summed E-state index contributed by atoms with van der Waals surface area (Å²) >= 11 is 0. The summed E-state index contributed by atoms with van der Waals surface area (Å²) in [6.45, 7) is 5.03. The number of hydrogen-bond acceptors (Lipinski definition) is 2. The van der Waals surface area contributed by atoms with Gasteiger partial charge in [0, 0.05) is 12.4 Å². The Morgan fingerprint density at radius 3 is 2.71 bits per heavy atom. The minimum atomic E-state index is -0.256. The topological polar surface area (TPSA) is 38.0 Å². The molecule has 1 unspecified atom stereocenters. The zero-order chi connectivity index (χ0) is 10.4. The third kappa shape index (κ3) is 4.42. The van der Waals surface area contributed by atoms with Gasteiger partial charge in [-0.1, -0.05) is 26.7 Å².